The Morgan fingerprint density at radius 2 is 1.80 bits per heavy atom. The molecule has 4 aromatic rings. The number of hydrogen-bond acceptors (Lipinski definition) is 6. The molecule has 0 unspecified atom stereocenters. The second kappa shape index (κ2) is 8.81. The van der Waals surface area contributed by atoms with Gasteiger partial charge >= 0.3 is 0 Å². The molecule has 1 aliphatic heterocycles. The third-order valence-corrected chi connectivity index (χ3v) is 7.62. The third-order valence-electron chi connectivity index (χ3n) is 5.60. The lowest BCUT2D eigenvalue weighted by molar-refractivity contribution is 0.126. The molecule has 0 amide bonds. The van der Waals surface area contributed by atoms with Crippen molar-refractivity contribution in [1.82, 2.24) is 19.8 Å². The summed E-state index contributed by atoms with van der Waals surface area (Å²) < 4.78 is 0. The van der Waals surface area contributed by atoms with Crippen LogP contribution in [0.5, 0.6) is 0 Å². The van der Waals surface area contributed by atoms with E-state index >= 15 is 0 Å². The van der Waals surface area contributed by atoms with Gasteiger partial charge < -0.3 is 9.88 Å². The van der Waals surface area contributed by atoms with Crippen LogP contribution >= 0.6 is 22.7 Å². The molecule has 0 bridgehead atoms. The average Bonchev–Trinajstić information content (AvgIpc) is 3.44. The van der Waals surface area contributed by atoms with Crippen LogP contribution in [0.3, 0.4) is 0 Å². The Morgan fingerprint density at radius 3 is 2.57 bits per heavy atom. The van der Waals surface area contributed by atoms with Crippen molar-refractivity contribution in [1.29, 1.82) is 0 Å². The molecule has 0 atom stereocenters. The van der Waals surface area contributed by atoms with E-state index in [1.807, 2.05) is 35.6 Å². The molecule has 1 saturated heterocycles. The number of H-pyrrole nitrogens is 1. The van der Waals surface area contributed by atoms with Crippen molar-refractivity contribution in [3.05, 3.63) is 75.0 Å². The van der Waals surface area contributed by atoms with Gasteiger partial charge in [-0.3, -0.25) is 9.69 Å². The molecule has 1 fully saturated rings. The van der Waals surface area contributed by atoms with Crippen LogP contribution in [0.15, 0.2) is 58.7 Å². The monoisotopic (exact) mass is 436 g/mol. The van der Waals surface area contributed by atoms with E-state index in [1.54, 1.807) is 11.3 Å². The summed E-state index contributed by atoms with van der Waals surface area (Å²) in [6.07, 6.45) is 1.13. The zero-order chi connectivity index (χ0) is 20.3. The number of piperazine rings is 1. The maximum Gasteiger partial charge on any atom is 0.259 e. The maximum absolute atomic E-state index is 12.6. The molecular weight excluding hydrogens is 412 g/mol. The SMILES string of the molecule is O=c1[nH]c(CN2CCN(CCc3cccs3)CC2)nc2sc(-c3ccccc3)cc12. The smallest absolute Gasteiger partial charge is 0.259 e. The van der Waals surface area contributed by atoms with Crippen molar-refractivity contribution >= 4 is 32.9 Å². The van der Waals surface area contributed by atoms with Crippen LogP contribution in [0.1, 0.15) is 10.7 Å². The van der Waals surface area contributed by atoms with Gasteiger partial charge in [0.15, 0.2) is 0 Å². The fourth-order valence-corrected chi connectivity index (χ4v) is 5.66. The molecule has 1 aliphatic rings. The first-order chi connectivity index (χ1) is 14.7. The highest BCUT2D eigenvalue weighted by molar-refractivity contribution is 7.21. The predicted molar refractivity (Wildman–Crippen MR) is 125 cm³/mol. The number of benzene rings is 1. The lowest BCUT2D eigenvalue weighted by atomic mass is 10.2. The molecule has 4 heterocycles. The summed E-state index contributed by atoms with van der Waals surface area (Å²) in [5.74, 6) is 0.765. The van der Waals surface area contributed by atoms with E-state index < -0.39 is 0 Å². The van der Waals surface area contributed by atoms with Crippen molar-refractivity contribution in [2.75, 3.05) is 32.7 Å². The zero-order valence-electron chi connectivity index (χ0n) is 16.7. The van der Waals surface area contributed by atoms with E-state index in [0.717, 1.165) is 60.2 Å². The van der Waals surface area contributed by atoms with Crippen LogP contribution in [0.2, 0.25) is 0 Å². The Bertz CT molecular complexity index is 1160. The largest absolute Gasteiger partial charge is 0.309 e. The molecule has 1 N–H and O–H groups in total. The Kier molecular flexibility index (Phi) is 5.77. The van der Waals surface area contributed by atoms with E-state index in [4.69, 9.17) is 4.98 Å². The minimum Gasteiger partial charge on any atom is -0.309 e. The maximum atomic E-state index is 12.6. The van der Waals surface area contributed by atoms with Gasteiger partial charge in [-0.25, -0.2) is 4.98 Å². The first kappa shape index (κ1) is 19.6. The van der Waals surface area contributed by atoms with Crippen LogP contribution in [-0.2, 0) is 13.0 Å². The van der Waals surface area contributed by atoms with Crippen LogP contribution in [0.4, 0.5) is 0 Å². The molecular formula is C23H24N4OS2. The summed E-state index contributed by atoms with van der Waals surface area (Å²) in [4.78, 5) is 28.7. The summed E-state index contributed by atoms with van der Waals surface area (Å²) in [5.41, 5.74) is 1.09. The standard InChI is InChI=1S/C23H24N4OS2/c28-22-19-15-20(17-5-2-1-3-6-17)30-23(19)25-21(24-22)16-27-12-10-26(11-13-27)9-8-18-7-4-14-29-18/h1-7,14-15H,8-13,16H2,(H,24,25,28). The molecule has 30 heavy (non-hydrogen) atoms. The van der Waals surface area contributed by atoms with Gasteiger partial charge in [0.05, 0.1) is 11.9 Å². The lowest BCUT2D eigenvalue weighted by Crippen LogP contribution is -2.46. The highest BCUT2D eigenvalue weighted by Crippen LogP contribution is 2.30. The quantitative estimate of drug-likeness (QED) is 0.495. The number of thiophene rings is 2. The molecule has 5 rings (SSSR count). The van der Waals surface area contributed by atoms with Gasteiger partial charge in [0.25, 0.3) is 5.56 Å². The Balaban J connectivity index is 1.23. The number of aromatic nitrogens is 2. The summed E-state index contributed by atoms with van der Waals surface area (Å²) in [7, 11) is 0. The van der Waals surface area contributed by atoms with Crippen LogP contribution < -0.4 is 5.56 Å². The third kappa shape index (κ3) is 4.39. The van der Waals surface area contributed by atoms with Crippen molar-refractivity contribution < 1.29 is 0 Å². The molecule has 0 spiro atoms. The van der Waals surface area contributed by atoms with Crippen molar-refractivity contribution in [3.63, 3.8) is 0 Å². The minimum atomic E-state index is -0.0389. The average molecular weight is 437 g/mol. The minimum absolute atomic E-state index is 0.0389. The fourth-order valence-electron chi connectivity index (χ4n) is 3.90. The van der Waals surface area contributed by atoms with Gasteiger partial charge in [-0.1, -0.05) is 36.4 Å². The van der Waals surface area contributed by atoms with E-state index in [0.29, 0.717) is 11.9 Å². The Hall–Kier alpha value is -2.32. The fraction of sp³-hybridized carbons (Fsp3) is 0.304. The number of nitrogens with one attached hydrogen (secondary N) is 1. The van der Waals surface area contributed by atoms with Crippen molar-refractivity contribution in [3.8, 4) is 10.4 Å². The number of nitrogens with zero attached hydrogens (tertiary/aromatic N) is 3. The summed E-state index contributed by atoms with van der Waals surface area (Å²) in [6.45, 7) is 5.96. The van der Waals surface area contributed by atoms with Crippen LogP contribution in [0, 0.1) is 0 Å². The van der Waals surface area contributed by atoms with Gasteiger partial charge in [0.2, 0.25) is 0 Å². The second-order valence-electron chi connectivity index (χ2n) is 7.66. The van der Waals surface area contributed by atoms with E-state index in [-0.39, 0.29) is 5.56 Å². The molecule has 0 radical (unpaired) electrons. The molecule has 0 aliphatic carbocycles. The summed E-state index contributed by atoms with van der Waals surface area (Å²) in [5, 5.41) is 2.83. The zero-order valence-corrected chi connectivity index (χ0v) is 18.3. The van der Waals surface area contributed by atoms with E-state index in [2.05, 4.69) is 44.4 Å². The normalized spacial score (nSPS) is 15.7. The molecule has 154 valence electrons. The molecule has 5 nitrogen and oxygen atoms in total. The van der Waals surface area contributed by atoms with Gasteiger partial charge in [-0.15, -0.1) is 22.7 Å². The first-order valence-electron chi connectivity index (χ1n) is 10.3. The van der Waals surface area contributed by atoms with Crippen LogP contribution in [0.25, 0.3) is 20.7 Å². The van der Waals surface area contributed by atoms with Gasteiger partial charge in [-0.2, -0.15) is 0 Å². The van der Waals surface area contributed by atoms with Crippen molar-refractivity contribution in [2.45, 2.75) is 13.0 Å². The van der Waals surface area contributed by atoms with E-state index in [1.165, 1.54) is 4.88 Å². The highest BCUT2D eigenvalue weighted by atomic mass is 32.1. The molecule has 0 saturated carbocycles. The first-order valence-corrected chi connectivity index (χ1v) is 12.0. The summed E-state index contributed by atoms with van der Waals surface area (Å²) in [6, 6.07) is 16.5. The lowest BCUT2D eigenvalue weighted by Gasteiger charge is -2.34. The summed E-state index contributed by atoms with van der Waals surface area (Å²) >= 11 is 3.43. The Labute approximate surface area is 183 Å². The van der Waals surface area contributed by atoms with E-state index in [9.17, 15) is 4.79 Å². The van der Waals surface area contributed by atoms with Crippen molar-refractivity contribution in [2.24, 2.45) is 0 Å². The number of fused-ring (bicyclic) bond motifs is 1. The predicted octanol–water partition coefficient (Wildman–Crippen LogP) is 4.07. The second-order valence-corrected chi connectivity index (χ2v) is 9.72. The Morgan fingerprint density at radius 1 is 1.00 bits per heavy atom. The number of hydrogen-bond donors (Lipinski definition) is 1. The molecule has 3 aromatic heterocycles. The van der Waals surface area contributed by atoms with Gasteiger partial charge in [0.1, 0.15) is 10.7 Å². The highest BCUT2D eigenvalue weighted by Gasteiger charge is 2.18. The van der Waals surface area contributed by atoms with Gasteiger partial charge in [0, 0.05) is 42.5 Å². The topological polar surface area (TPSA) is 52.2 Å². The number of rotatable bonds is 6. The molecule has 1 aromatic carbocycles. The molecule has 7 heteroatoms. The van der Waals surface area contributed by atoms with Crippen LogP contribution in [-0.4, -0.2) is 52.5 Å². The van der Waals surface area contributed by atoms with Gasteiger partial charge in [-0.05, 0) is 29.5 Å². The number of aromatic amines is 1.